The molecule has 0 N–H and O–H groups in total. The Bertz CT molecular complexity index is 1760. The molecule has 0 unspecified atom stereocenters. The molecule has 1 atom stereocenters. The fourth-order valence-corrected chi connectivity index (χ4v) is 4.94. The fourth-order valence-electron chi connectivity index (χ4n) is 4.94. The van der Waals surface area contributed by atoms with Crippen LogP contribution in [0.15, 0.2) is 53.0 Å². The Morgan fingerprint density at radius 1 is 0.892 bits per heavy atom. The number of rotatable bonds is 2. The zero-order valence-corrected chi connectivity index (χ0v) is 19.5. The number of hydrogen-bond donors (Lipinski definition) is 0. The first-order valence-corrected chi connectivity index (χ1v) is 11.3. The SMILES string of the molecule is Cn1c(=O)n(C)c2cc([C@@H]3CC(=O)Oc4ccc5c(c43)O/C(=C/c3cc(F)c(F)c(F)c3)C5=O)ccc21. The number of carbonyl (C=O) groups excluding carboxylic acids is 2. The molecule has 0 saturated heterocycles. The van der Waals surface area contributed by atoms with E-state index in [2.05, 4.69) is 0 Å². The van der Waals surface area contributed by atoms with Gasteiger partial charge in [0.1, 0.15) is 11.5 Å². The van der Waals surface area contributed by atoms with E-state index in [9.17, 15) is 27.6 Å². The van der Waals surface area contributed by atoms with Gasteiger partial charge in [-0.2, -0.15) is 0 Å². The third kappa shape index (κ3) is 3.40. The number of nitrogens with zero attached hydrogens (tertiary/aromatic N) is 2. The van der Waals surface area contributed by atoms with Crippen molar-refractivity contribution in [2.75, 3.05) is 0 Å². The molecular formula is C27H17F3N2O5. The van der Waals surface area contributed by atoms with Crippen molar-refractivity contribution in [2.24, 2.45) is 14.1 Å². The topological polar surface area (TPSA) is 79.5 Å². The van der Waals surface area contributed by atoms with Crippen molar-refractivity contribution in [1.29, 1.82) is 0 Å². The van der Waals surface area contributed by atoms with E-state index in [0.29, 0.717) is 22.2 Å². The van der Waals surface area contributed by atoms with Gasteiger partial charge in [0.2, 0.25) is 5.78 Å². The van der Waals surface area contributed by atoms with Crippen LogP contribution in [0.1, 0.15) is 39.4 Å². The predicted molar refractivity (Wildman–Crippen MR) is 126 cm³/mol. The van der Waals surface area contributed by atoms with Gasteiger partial charge in [0, 0.05) is 25.6 Å². The molecule has 2 aliphatic rings. The van der Waals surface area contributed by atoms with E-state index < -0.39 is 35.1 Å². The second kappa shape index (κ2) is 7.95. The Hall–Kier alpha value is -4.60. The van der Waals surface area contributed by atoms with Crippen molar-refractivity contribution >= 4 is 28.9 Å². The second-order valence-corrected chi connectivity index (χ2v) is 8.97. The summed E-state index contributed by atoms with van der Waals surface area (Å²) in [6, 6.07) is 9.84. The average molecular weight is 506 g/mol. The molecule has 7 nitrogen and oxygen atoms in total. The Morgan fingerprint density at radius 3 is 2.32 bits per heavy atom. The molecule has 0 radical (unpaired) electrons. The summed E-state index contributed by atoms with van der Waals surface area (Å²) in [5.74, 6) is -5.82. The number of aryl methyl sites for hydroxylation is 2. The quantitative estimate of drug-likeness (QED) is 0.175. The second-order valence-electron chi connectivity index (χ2n) is 8.97. The van der Waals surface area contributed by atoms with Gasteiger partial charge in [-0.3, -0.25) is 18.7 Å². The van der Waals surface area contributed by atoms with E-state index in [1.807, 2.05) is 0 Å². The number of ether oxygens (including phenoxy) is 2. The van der Waals surface area contributed by atoms with E-state index in [-0.39, 0.29) is 40.5 Å². The summed E-state index contributed by atoms with van der Waals surface area (Å²) >= 11 is 0. The number of carbonyl (C=O) groups is 2. The van der Waals surface area contributed by atoms with E-state index >= 15 is 0 Å². The van der Waals surface area contributed by atoms with Crippen molar-refractivity contribution < 1.29 is 32.2 Å². The molecule has 3 aromatic carbocycles. The number of imidazole rings is 1. The average Bonchev–Trinajstić information content (AvgIpc) is 3.30. The van der Waals surface area contributed by atoms with Gasteiger partial charge in [0.05, 0.1) is 23.0 Å². The molecule has 4 aromatic rings. The van der Waals surface area contributed by atoms with Crippen molar-refractivity contribution in [3.05, 3.63) is 98.4 Å². The monoisotopic (exact) mass is 506 g/mol. The lowest BCUT2D eigenvalue weighted by Gasteiger charge is -2.26. The van der Waals surface area contributed by atoms with Gasteiger partial charge in [-0.25, -0.2) is 18.0 Å². The van der Waals surface area contributed by atoms with Gasteiger partial charge >= 0.3 is 11.7 Å². The molecule has 0 saturated carbocycles. The van der Waals surface area contributed by atoms with Crippen LogP contribution < -0.4 is 15.2 Å². The number of Topliss-reactive ketones (excluding diaryl/α,β-unsaturated/α-hetero) is 1. The van der Waals surface area contributed by atoms with E-state index in [4.69, 9.17) is 9.47 Å². The number of hydrogen-bond acceptors (Lipinski definition) is 5. The smallest absolute Gasteiger partial charge is 0.328 e. The molecule has 6 rings (SSSR count). The van der Waals surface area contributed by atoms with E-state index in [1.54, 1.807) is 32.3 Å². The van der Waals surface area contributed by atoms with E-state index in [1.165, 1.54) is 21.3 Å². The number of halogens is 3. The molecule has 37 heavy (non-hydrogen) atoms. The Kier molecular flexibility index (Phi) is 4.91. The molecule has 3 heterocycles. The third-order valence-electron chi connectivity index (χ3n) is 6.78. The molecule has 0 aliphatic carbocycles. The Morgan fingerprint density at radius 2 is 1.59 bits per heavy atom. The normalized spacial score (nSPS) is 17.6. The van der Waals surface area contributed by atoms with Crippen LogP contribution in [-0.4, -0.2) is 20.9 Å². The van der Waals surface area contributed by atoms with Crippen LogP contribution in [0.5, 0.6) is 11.5 Å². The highest BCUT2D eigenvalue weighted by molar-refractivity contribution is 6.15. The van der Waals surface area contributed by atoms with Crippen molar-refractivity contribution in [1.82, 2.24) is 9.13 Å². The number of allylic oxidation sites excluding steroid dienone is 1. The maximum atomic E-state index is 13.7. The molecule has 10 heteroatoms. The van der Waals surface area contributed by atoms with Gasteiger partial charge in [-0.05, 0) is 53.6 Å². The highest BCUT2D eigenvalue weighted by atomic mass is 19.2. The van der Waals surface area contributed by atoms with Crippen LogP contribution in [0, 0.1) is 17.5 Å². The van der Waals surface area contributed by atoms with Gasteiger partial charge in [-0.1, -0.05) is 6.07 Å². The lowest BCUT2D eigenvalue weighted by atomic mass is 9.84. The summed E-state index contributed by atoms with van der Waals surface area (Å²) in [4.78, 5) is 37.9. The van der Waals surface area contributed by atoms with Gasteiger partial charge in [-0.15, -0.1) is 0 Å². The first-order valence-electron chi connectivity index (χ1n) is 11.3. The number of fused-ring (bicyclic) bond motifs is 4. The minimum absolute atomic E-state index is 0.0409. The van der Waals surface area contributed by atoms with Crippen LogP contribution in [0.3, 0.4) is 0 Å². The van der Waals surface area contributed by atoms with Crippen LogP contribution in [0.2, 0.25) is 0 Å². The van der Waals surface area contributed by atoms with Crippen molar-refractivity contribution in [2.45, 2.75) is 12.3 Å². The first-order chi connectivity index (χ1) is 17.6. The Balaban J connectivity index is 1.48. The molecule has 2 aliphatic heterocycles. The largest absolute Gasteiger partial charge is 0.452 e. The highest BCUT2D eigenvalue weighted by Crippen LogP contribution is 2.49. The predicted octanol–water partition coefficient (Wildman–Crippen LogP) is 4.35. The van der Waals surface area contributed by atoms with Gasteiger partial charge in [0.15, 0.2) is 23.2 Å². The Labute approximate surface area is 207 Å². The summed E-state index contributed by atoms with van der Waals surface area (Å²) in [7, 11) is 3.31. The fraction of sp³-hybridized carbons (Fsp3) is 0.148. The molecule has 1 aromatic heterocycles. The van der Waals surface area contributed by atoms with Crippen LogP contribution in [0.25, 0.3) is 17.1 Å². The molecule has 0 bridgehead atoms. The summed E-state index contributed by atoms with van der Waals surface area (Å²) in [6.07, 6.45) is 1.08. The summed E-state index contributed by atoms with van der Waals surface area (Å²) in [5.41, 5.74) is 2.43. The van der Waals surface area contributed by atoms with Crippen LogP contribution in [-0.2, 0) is 18.9 Å². The number of esters is 1. The lowest BCUT2D eigenvalue weighted by Crippen LogP contribution is -2.21. The molecule has 0 fully saturated rings. The first kappa shape index (κ1) is 22.8. The van der Waals surface area contributed by atoms with Crippen LogP contribution in [0.4, 0.5) is 13.2 Å². The third-order valence-corrected chi connectivity index (χ3v) is 6.78. The van der Waals surface area contributed by atoms with Crippen molar-refractivity contribution in [3.8, 4) is 11.5 Å². The highest BCUT2D eigenvalue weighted by Gasteiger charge is 2.38. The van der Waals surface area contributed by atoms with Crippen LogP contribution >= 0.6 is 0 Å². The maximum absolute atomic E-state index is 13.7. The summed E-state index contributed by atoms with van der Waals surface area (Å²) in [5, 5.41) is 0. The summed E-state index contributed by atoms with van der Waals surface area (Å²) < 4.78 is 55.1. The van der Waals surface area contributed by atoms with E-state index in [0.717, 1.165) is 18.2 Å². The number of ketones is 1. The minimum Gasteiger partial charge on any atom is -0.452 e. The summed E-state index contributed by atoms with van der Waals surface area (Å²) in [6.45, 7) is 0. The minimum atomic E-state index is -1.62. The lowest BCUT2D eigenvalue weighted by molar-refractivity contribution is -0.135. The molecule has 0 amide bonds. The molecular weight excluding hydrogens is 489 g/mol. The van der Waals surface area contributed by atoms with Gasteiger partial charge in [0.25, 0.3) is 0 Å². The molecule has 186 valence electrons. The zero-order valence-electron chi connectivity index (χ0n) is 19.5. The standard InChI is InChI=1S/C27H17F3N2O5/c1-31-18-5-3-13(10-19(18)32(2)27(31)35)15-11-22(33)36-20-6-4-14-25(34)21(37-26(14)23(15)20)9-12-7-16(28)24(30)17(29)8-12/h3-10,15H,11H2,1-2H3/b21-9+/t15-/m0/s1. The number of benzene rings is 3. The zero-order chi connectivity index (χ0) is 26.2. The molecule has 0 spiro atoms. The van der Waals surface area contributed by atoms with Gasteiger partial charge < -0.3 is 9.47 Å². The number of aromatic nitrogens is 2. The van der Waals surface area contributed by atoms with Crippen molar-refractivity contribution in [3.63, 3.8) is 0 Å². The maximum Gasteiger partial charge on any atom is 0.328 e.